The number of aliphatic hydroxyl groups is 1. The monoisotopic (exact) mass is 315 g/mol. The number of hydrogen-bond acceptors (Lipinski definition) is 5. The average molecular weight is 316 g/mol. The van der Waals surface area contributed by atoms with Gasteiger partial charge in [-0.25, -0.2) is 0 Å². The molecule has 1 aliphatic rings. The second kappa shape index (κ2) is 8.39. The lowest BCUT2D eigenvalue weighted by molar-refractivity contribution is 0.00908. The summed E-state index contributed by atoms with van der Waals surface area (Å²) in [6, 6.07) is 4.69. The fraction of sp³-hybridized carbons (Fsp3) is 0.733. The molecule has 0 radical (unpaired) electrons. The van der Waals surface area contributed by atoms with E-state index in [1.807, 2.05) is 23.2 Å². The van der Waals surface area contributed by atoms with Crippen molar-refractivity contribution >= 4 is 23.1 Å². The standard InChI is InChI=1S/C15H25NO2S2/c1-16(14-6-3-7-15(14)19-2)9-12(17)10-18-11-13-5-4-8-20-13/h4-5,8,12,14-15,17H,3,6-7,9-11H2,1-2H3. The lowest BCUT2D eigenvalue weighted by Gasteiger charge is -2.30. The summed E-state index contributed by atoms with van der Waals surface area (Å²) >= 11 is 3.65. The molecule has 0 aliphatic heterocycles. The largest absolute Gasteiger partial charge is 0.389 e. The first-order chi connectivity index (χ1) is 9.70. The van der Waals surface area contributed by atoms with Gasteiger partial charge in [0.15, 0.2) is 0 Å². The summed E-state index contributed by atoms with van der Waals surface area (Å²) in [5.41, 5.74) is 0. The van der Waals surface area contributed by atoms with Crippen molar-refractivity contribution in [1.29, 1.82) is 0 Å². The highest BCUT2D eigenvalue weighted by Crippen LogP contribution is 2.31. The van der Waals surface area contributed by atoms with Gasteiger partial charge < -0.3 is 9.84 Å². The van der Waals surface area contributed by atoms with Crippen molar-refractivity contribution in [2.24, 2.45) is 0 Å². The number of hydrogen-bond donors (Lipinski definition) is 1. The predicted molar refractivity (Wildman–Crippen MR) is 87.6 cm³/mol. The molecule has 20 heavy (non-hydrogen) atoms. The summed E-state index contributed by atoms with van der Waals surface area (Å²) in [5, 5.41) is 12.9. The molecular weight excluding hydrogens is 290 g/mol. The summed E-state index contributed by atoms with van der Waals surface area (Å²) in [6.07, 6.45) is 5.66. The number of likely N-dealkylation sites (N-methyl/N-ethyl adjacent to an activating group) is 1. The lowest BCUT2D eigenvalue weighted by Crippen LogP contribution is -2.41. The van der Waals surface area contributed by atoms with E-state index in [1.54, 1.807) is 11.3 Å². The van der Waals surface area contributed by atoms with E-state index in [-0.39, 0.29) is 0 Å². The van der Waals surface area contributed by atoms with Crippen LogP contribution in [0.3, 0.4) is 0 Å². The van der Waals surface area contributed by atoms with Crippen LogP contribution in [-0.4, -0.2) is 53.9 Å². The molecule has 1 saturated carbocycles. The Balaban J connectivity index is 1.66. The van der Waals surface area contributed by atoms with Gasteiger partial charge in [-0.2, -0.15) is 11.8 Å². The van der Waals surface area contributed by atoms with Gasteiger partial charge in [0.2, 0.25) is 0 Å². The van der Waals surface area contributed by atoms with Gasteiger partial charge in [0, 0.05) is 22.7 Å². The van der Waals surface area contributed by atoms with Crippen LogP contribution in [0.5, 0.6) is 0 Å². The summed E-state index contributed by atoms with van der Waals surface area (Å²) in [4.78, 5) is 3.52. The molecule has 2 rings (SSSR count). The van der Waals surface area contributed by atoms with Crippen LogP contribution in [0.1, 0.15) is 24.1 Å². The second-order valence-corrected chi connectivity index (χ2v) is 7.57. The summed E-state index contributed by atoms with van der Waals surface area (Å²) in [6.45, 7) is 1.72. The number of thiophene rings is 1. The Bertz CT molecular complexity index is 372. The van der Waals surface area contributed by atoms with E-state index >= 15 is 0 Å². The van der Waals surface area contributed by atoms with Crippen molar-refractivity contribution in [2.45, 2.75) is 43.3 Å². The van der Waals surface area contributed by atoms with Crippen LogP contribution < -0.4 is 0 Å². The molecule has 1 aromatic rings. The summed E-state index contributed by atoms with van der Waals surface area (Å²) in [5.74, 6) is 0. The van der Waals surface area contributed by atoms with Crippen molar-refractivity contribution in [1.82, 2.24) is 4.90 Å². The van der Waals surface area contributed by atoms with Crippen LogP contribution in [-0.2, 0) is 11.3 Å². The van der Waals surface area contributed by atoms with E-state index < -0.39 is 6.10 Å². The number of rotatable bonds is 8. The van der Waals surface area contributed by atoms with Gasteiger partial charge in [-0.3, -0.25) is 4.90 Å². The van der Waals surface area contributed by atoms with E-state index in [9.17, 15) is 5.11 Å². The minimum absolute atomic E-state index is 0.400. The number of aliphatic hydroxyl groups excluding tert-OH is 1. The first kappa shape index (κ1) is 16.3. The van der Waals surface area contributed by atoms with Crippen LogP contribution in [0, 0.1) is 0 Å². The zero-order valence-electron chi connectivity index (χ0n) is 12.3. The third kappa shape index (κ3) is 4.74. The summed E-state index contributed by atoms with van der Waals surface area (Å²) in [7, 11) is 2.13. The molecule has 0 bridgehead atoms. The van der Waals surface area contributed by atoms with E-state index in [1.165, 1.54) is 24.1 Å². The molecule has 1 aliphatic carbocycles. The summed E-state index contributed by atoms with van der Waals surface area (Å²) < 4.78 is 5.59. The average Bonchev–Trinajstić information content (AvgIpc) is 3.09. The number of thioether (sulfide) groups is 1. The van der Waals surface area contributed by atoms with Gasteiger partial charge in [0.05, 0.1) is 19.3 Å². The lowest BCUT2D eigenvalue weighted by atomic mass is 10.2. The Morgan fingerprint density at radius 1 is 1.55 bits per heavy atom. The fourth-order valence-electron chi connectivity index (χ4n) is 2.90. The molecule has 3 unspecified atom stereocenters. The van der Waals surface area contributed by atoms with Crippen molar-refractivity contribution < 1.29 is 9.84 Å². The Morgan fingerprint density at radius 3 is 3.10 bits per heavy atom. The third-order valence-electron chi connectivity index (χ3n) is 3.92. The van der Waals surface area contributed by atoms with Crippen LogP contribution in [0.4, 0.5) is 0 Å². The highest BCUT2D eigenvalue weighted by molar-refractivity contribution is 7.99. The van der Waals surface area contributed by atoms with Crippen molar-refractivity contribution in [2.75, 3.05) is 26.5 Å². The minimum Gasteiger partial charge on any atom is -0.389 e. The van der Waals surface area contributed by atoms with Crippen molar-refractivity contribution in [3.05, 3.63) is 22.4 Å². The van der Waals surface area contributed by atoms with Gasteiger partial charge >= 0.3 is 0 Å². The molecule has 1 fully saturated rings. The van der Waals surface area contributed by atoms with E-state index in [0.717, 1.165) is 5.25 Å². The molecule has 0 spiro atoms. The maximum absolute atomic E-state index is 10.1. The highest BCUT2D eigenvalue weighted by Gasteiger charge is 2.30. The van der Waals surface area contributed by atoms with Crippen LogP contribution >= 0.6 is 23.1 Å². The molecule has 1 heterocycles. The topological polar surface area (TPSA) is 32.7 Å². The minimum atomic E-state index is -0.400. The van der Waals surface area contributed by atoms with Crippen LogP contribution in [0.25, 0.3) is 0 Å². The Hall–Kier alpha value is -0.0700. The molecule has 1 aromatic heterocycles. The van der Waals surface area contributed by atoms with Gasteiger partial charge in [0.1, 0.15) is 0 Å². The number of ether oxygens (including phenoxy) is 1. The molecule has 0 saturated heterocycles. The molecule has 114 valence electrons. The normalized spacial score (nSPS) is 24.4. The van der Waals surface area contributed by atoms with Crippen LogP contribution in [0.2, 0.25) is 0 Å². The SMILES string of the molecule is CSC1CCCC1N(C)CC(O)COCc1cccs1. The van der Waals surface area contributed by atoms with Crippen LogP contribution in [0.15, 0.2) is 17.5 Å². The third-order valence-corrected chi connectivity index (χ3v) is 5.93. The molecule has 5 heteroatoms. The van der Waals surface area contributed by atoms with Crippen molar-refractivity contribution in [3.63, 3.8) is 0 Å². The first-order valence-corrected chi connectivity index (χ1v) is 9.38. The maximum Gasteiger partial charge on any atom is 0.0900 e. The molecule has 3 nitrogen and oxygen atoms in total. The predicted octanol–water partition coefficient (Wildman–Crippen LogP) is 2.84. The van der Waals surface area contributed by atoms with Crippen molar-refractivity contribution in [3.8, 4) is 0 Å². The van der Waals surface area contributed by atoms with E-state index in [4.69, 9.17) is 4.74 Å². The van der Waals surface area contributed by atoms with E-state index in [0.29, 0.717) is 25.8 Å². The maximum atomic E-state index is 10.1. The Morgan fingerprint density at radius 2 is 2.40 bits per heavy atom. The highest BCUT2D eigenvalue weighted by atomic mass is 32.2. The molecular formula is C15H25NO2S2. The van der Waals surface area contributed by atoms with Gasteiger partial charge in [-0.05, 0) is 37.6 Å². The zero-order chi connectivity index (χ0) is 14.4. The molecule has 0 amide bonds. The quantitative estimate of drug-likeness (QED) is 0.799. The smallest absolute Gasteiger partial charge is 0.0900 e. The molecule has 1 N–H and O–H groups in total. The fourth-order valence-corrected chi connectivity index (χ4v) is 4.60. The zero-order valence-corrected chi connectivity index (χ0v) is 14.0. The van der Waals surface area contributed by atoms with Gasteiger partial charge in [-0.1, -0.05) is 12.5 Å². The Kier molecular flexibility index (Phi) is 6.84. The Labute approximate surface area is 130 Å². The van der Waals surface area contributed by atoms with E-state index in [2.05, 4.69) is 24.3 Å². The first-order valence-electron chi connectivity index (χ1n) is 7.22. The second-order valence-electron chi connectivity index (χ2n) is 5.46. The molecule has 0 aromatic carbocycles. The molecule has 3 atom stereocenters. The van der Waals surface area contributed by atoms with Gasteiger partial charge in [-0.15, -0.1) is 11.3 Å². The van der Waals surface area contributed by atoms with Gasteiger partial charge in [0.25, 0.3) is 0 Å². The number of nitrogens with zero attached hydrogens (tertiary/aromatic N) is 1.